The Morgan fingerprint density at radius 2 is 1.79 bits per heavy atom. The molecule has 3 aliphatic heterocycles. The van der Waals surface area contributed by atoms with Crippen LogP contribution in [0.2, 0.25) is 0 Å². The lowest BCUT2D eigenvalue weighted by Crippen LogP contribution is -2.54. The van der Waals surface area contributed by atoms with E-state index in [2.05, 4.69) is 29.4 Å². The maximum Gasteiger partial charge on any atom is 0.322 e. The van der Waals surface area contributed by atoms with E-state index in [4.69, 9.17) is 4.74 Å². The van der Waals surface area contributed by atoms with Gasteiger partial charge < -0.3 is 15.0 Å². The molecule has 3 fully saturated rings. The molecule has 0 aromatic carbocycles. The third-order valence-electron chi connectivity index (χ3n) is 5.02. The number of likely N-dealkylation sites (tertiary alicyclic amines) is 1. The third-order valence-corrected chi connectivity index (χ3v) is 5.02. The van der Waals surface area contributed by atoms with Crippen molar-refractivity contribution in [3.05, 3.63) is 0 Å². The van der Waals surface area contributed by atoms with E-state index in [1.54, 1.807) is 0 Å². The molecular weight excluding hydrogens is 312 g/mol. The molecule has 2 N–H and O–H groups in total. The zero-order valence-corrected chi connectivity index (χ0v) is 14.3. The molecule has 3 atom stereocenters. The average Bonchev–Trinajstić information content (AvgIpc) is 2.84. The van der Waals surface area contributed by atoms with Crippen LogP contribution in [0.1, 0.15) is 33.1 Å². The van der Waals surface area contributed by atoms with E-state index in [0.29, 0.717) is 19.1 Å². The number of rotatable bonds is 3. The Kier molecular flexibility index (Phi) is 5.05. The Morgan fingerprint density at radius 3 is 2.33 bits per heavy atom. The molecule has 3 rings (SSSR count). The molecule has 0 aromatic heterocycles. The van der Waals surface area contributed by atoms with Gasteiger partial charge in [-0.2, -0.15) is 0 Å². The summed E-state index contributed by atoms with van der Waals surface area (Å²) in [6.07, 6.45) is 2.41. The van der Waals surface area contributed by atoms with Crippen LogP contribution in [-0.4, -0.2) is 78.1 Å². The quantitative estimate of drug-likeness (QED) is 0.689. The number of carbonyl (C=O) groups is 3. The number of hydrogen-bond donors (Lipinski definition) is 2. The fourth-order valence-corrected chi connectivity index (χ4v) is 3.90. The van der Waals surface area contributed by atoms with Crippen molar-refractivity contribution in [3.8, 4) is 0 Å². The van der Waals surface area contributed by atoms with Crippen LogP contribution in [0.25, 0.3) is 0 Å². The molecule has 3 aliphatic rings. The molecule has 0 saturated carbocycles. The van der Waals surface area contributed by atoms with E-state index in [9.17, 15) is 14.4 Å². The van der Waals surface area contributed by atoms with Crippen LogP contribution < -0.4 is 10.6 Å². The van der Waals surface area contributed by atoms with Gasteiger partial charge in [-0.3, -0.25) is 19.8 Å². The Labute approximate surface area is 141 Å². The molecule has 0 spiro atoms. The number of urea groups is 1. The summed E-state index contributed by atoms with van der Waals surface area (Å²) in [7, 11) is 0. The highest BCUT2D eigenvalue weighted by atomic mass is 16.5. The van der Waals surface area contributed by atoms with Gasteiger partial charge in [0.05, 0.1) is 18.6 Å². The van der Waals surface area contributed by atoms with E-state index in [1.807, 2.05) is 4.90 Å². The number of morpholine rings is 1. The number of amides is 4. The first-order chi connectivity index (χ1) is 11.4. The molecule has 134 valence electrons. The Morgan fingerprint density at radius 1 is 1.17 bits per heavy atom. The second-order valence-corrected chi connectivity index (χ2v) is 7.04. The number of nitrogens with one attached hydrogen (secondary N) is 2. The monoisotopic (exact) mass is 338 g/mol. The van der Waals surface area contributed by atoms with Crippen molar-refractivity contribution >= 4 is 17.8 Å². The first kappa shape index (κ1) is 17.2. The standard InChI is InChI=1S/C16H26N4O4/c1-10-8-20(9-11(2)24-10)12-3-5-19(6-4-12)14(21)7-13-15(22)18-16(23)17-13/h10-13H,3-9H2,1-2H3,(H2,17,18,22,23)/t10-,11+,13-/m1/s1. The number of imide groups is 1. The minimum absolute atomic E-state index is 0.0356. The smallest absolute Gasteiger partial charge is 0.322 e. The van der Waals surface area contributed by atoms with Gasteiger partial charge in [0, 0.05) is 32.2 Å². The van der Waals surface area contributed by atoms with Gasteiger partial charge in [0.15, 0.2) is 0 Å². The first-order valence-electron chi connectivity index (χ1n) is 8.71. The fourth-order valence-electron chi connectivity index (χ4n) is 3.90. The van der Waals surface area contributed by atoms with Crippen molar-refractivity contribution in [2.75, 3.05) is 26.2 Å². The van der Waals surface area contributed by atoms with E-state index in [0.717, 1.165) is 25.9 Å². The van der Waals surface area contributed by atoms with Gasteiger partial charge in [-0.05, 0) is 26.7 Å². The summed E-state index contributed by atoms with van der Waals surface area (Å²) in [5, 5.41) is 4.63. The molecule has 3 heterocycles. The summed E-state index contributed by atoms with van der Waals surface area (Å²) < 4.78 is 5.78. The van der Waals surface area contributed by atoms with E-state index >= 15 is 0 Å². The second-order valence-electron chi connectivity index (χ2n) is 7.04. The summed E-state index contributed by atoms with van der Waals surface area (Å²) in [4.78, 5) is 39.3. The van der Waals surface area contributed by atoms with Crippen LogP contribution in [0.5, 0.6) is 0 Å². The zero-order valence-electron chi connectivity index (χ0n) is 14.3. The maximum absolute atomic E-state index is 12.4. The molecule has 4 amide bonds. The third kappa shape index (κ3) is 3.87. The number of nitrogens with zero attached hydrogens (tertiary/aromatic N) is 2. The SMILES string of the molecule is C[C@@H]1CN(C2CCN(C(=O)C[C@H]3NC(=O)NC3=O)CC2)C[C@H](C)O1. The fraction of sp³-hybridized carbons (Fsp3) is 0.812. The Balaban J connectivity index is 1.47. The zero-order chi connectivity index (χ0) is 17.3. The number of piperidine rings is 1. The van der Waals surface area contributed by atoms with Crippen LogP contribution in [0, 0.1) is 0 Å². The predicted octanol–water partition coefficient (Wildman–Crippen LogP) is -0.315. The van der Waals surface area contributed by atoms with Crippen molar-refractivity contribution in [1.29, 1.82) is 0 Å². The van der Waals surface area contributed by atoms with Crippen LogP contribution in [0.15, 0.2) is 0 Å². The molecule has 0 bridgehead atoms. The van der Waals surface area contributed by atoms with Crippen LogP contribution in [0.3, 0.4) is 0 Å². The Bertz CT molecular complexity index is 508. The molecule has 0 aliphatic carbocycles. The molecule has 8 heteroatoms. The van der Waals surface area contributed by atoms with Gasteiger partial charge in [0.1, 0.15) is 6.04 Å². The number of carbonyl (C=O) groups excluding carboxylic acids is 3. The van der Waals surface area contributed by atoms with Crippen molar-refractivity contribution in [3.63, 3.8) is 0 Å². The van der Waals surface area contributed by atoms with Gasteiger partial charge in [0.2, 0.25) is 5.91 Å². The summed E-state index contributed by atoms with van der Waals surface area (Å²) in [6, 6.07) is -0.770. The first-order valence-corrected chi connectivity index (χ1v) is 8.71. The molecule has 0 unspecified atom stereocenters. The number of ether oxygens (including phenoxy) is 1. The summed E-state index contributed by atoms with van der Waals surface area (Å²) in [6.45, 7) is 7.48. The average molecular weight is 338 g/mol. The Hall–Kier alpha value is -1.67. The molecule has 24 heavy (non-hydrogen) atoms. The van der Waals surface area contributed by atoms with E-state index in [1.165, 1.54) is 0 Å². The van der Waals surface area contributed by atoms with Crippen molar-refractivity contribution in [2.45, 2.75) is 57.4 Å². The minimum Gasteiger partial charge on any atom is -0.373 e. The molecule has 8 nitrogen and oxygen atoms in total. The van der Waals surface area contributed by atoms with Crippen molar-refractivity contribution in [2.24, 2.45) is 0 Å². The van der Waals surface area contributed by atoms with Gasteiger partial charge >= 0.3 is 6.03 Å². The minimum atomic E-state index is -0.733. The van der Waals surface area contributed by atoms with Crippen LogP contribution in [-0.2, 0) is 14.3 Å². The second kappa shape index (κ2) is 7.06. The lowest BCUT2D eigenvalue weighted by Gasteiger charge is -2.43. The van der Waals surface area contributed by atoms with Crippen molar-refractivity contribution in [1.82, 2.24) is 20.4 Å². The molecule has 0 aromatic rings. The highest BCUT2D eigenvalue weighted by Crippen LogP contribution is 2.22. The maximum atomic E-state index is 12.4. The van der Waals surface area contributed by atoms with Crippen LogP contribution in [0.4, 0.5) is 4.79 Å². The van der Waals surface area contributed by atoms with Gasteiger partial charge in [-0.25, -0.2) is 4.79 Å². The van der Waals surface area contributed by atoms with Gasteiger partial charge in [0.25, 0.3) is 5.91 Å². The normalized spacial score (nSPS) is 32.6. The lowest BCUT2D eigenvalue weighted by molar-refractivity contribution is -0.136. The summed E-state index contributed by atoms with van der Waals surface area (Å²) in [5.74, 6) is -0.487. The molecule has 0 radical (unpaired) electrons. The number of hydrogen-bond acceptors (Lipinski definition) is 5. The van der Waals surface area contributed by atoms with Gasteiger partial charge in [-0.15, -0.1) is 0 Å². The topological polar surface area (TPSA) is 91.0 Å². The van der Waals surface area contributed by atoms with E-state index < -0.39 is 18.0 Å². The summed E-state index contributed by atoms with van der Waals surface area (Å²) >= 11 is 0. The largest absolute Gasteiger partial charge is 0.373 e. The molecular formula is C16H26N4O4. The highest BCUT2D eigenvalue weighted by molar-refractivity contribution is 6.05. The highest BCUT2D eigenvalue weighted by Gasteiger charge is 2.35. The summed E-state index contributed by atoms with van der Waals surface area (Å²) in [5.41, 5.74) is 0. The molecule has 3 saturated heterocycles. The predicted molar refractivity (Wildman–Crippen MR) is 86.3 cm³/mol. The van der Waals surface area contributed by atoms with Crippen LogP contribution >= 0.6 is 0 Å². The van der Waals surface area contributed by atoms with E-state index in [-0.39, 0.29) is 24.5 Å². The lowest BCUT2D eigenvalue weighted by atomic mass is 10.0. The van der Waals surface area contributed by atoms with Crippen molar-refractivity contribution < 1.29 is 19.1 Å². The van der Waals surface area contributed by atoms with Gasteiger partial charge in [-0.1, -0.05) is 0 Å².